The molecule has 6 rings (SSSR count). The molecule has 1 fully saturated rings. The average molecular weight is 573 g/mol. The maximum atomic E-state index is 13.2. The minimum Gasteiger partial charge on any atom is -0.478 e. The zero-order chi connectivity index (χ0) is 28.7. The highest BCUT2D eigenvalue weighted by Gasteiger charge is 2.33. The van der Waals surface area contributed by atoms with E-state index in [-0.39, 0.29) is 35.2 Å². The molecule has 0 bridgehead atoms. The van der Waals surface area contributed by atoms with Crippen LogP contribution in [0.5, 0.6) is 11.5 Å². The van der Waals surface area contributed by atoms with Crippen LogP contribution in [0.1, 0.15) is 40.2 Å². The summed E-state index contributed by atoms with van der Waals surface area (Å²) in [4.78, 5) is 16.5. The molecule has 0 atom stereocenters. The minimum atomic E-state index is -3.70. The Morgan fingerprint density at radius 1 is 1.02 bits per heavy atom. The Balaban J connectivity index is 1.43. The number of hydrogen-bond acceptors (Lipinski definition) is 6. The van der Waals surface area contributed by atoms with Gasteiger partial charge in [-0.2, -0.15) is 0 Å². The highest BCUT2D eigenvalue weighted by atomic mass is 32.2. The van der Waals surface area contributed by atoms with Crippen LogP contribution in [0.3, 0.4) is 0 Å². The third-order valence-corrected chi connectivity index (χ3v) is 8.11. The topological polar surface area (TPSA) is 110 Å². The van der Waals surface area contributed by atoms with Crippen LogP contribution in [-0.2, 0) is 16.6 Å². The van der Waals surface area contributed by atoms with Crippen LogP contribution in [0.4, 0.5) is 10.1 Å². The van der Waals surface area contributed by atoms with Crippen LogP contribution in [-0.4, -0.2) is 30.7 Å². The van der Waals surface area contributed by atoms with E-state index in [0.29, 0.717) is 28.1 Å². The fourth-order valence-electron chi connectivity index (χ4n) is 4.85. The van der Waals surface area contributed by atoms with Gasteiger partial charge in [-0.3, -0.25) is 9.29 Å². The van der Waals surface area contributed by atoms with Gasteiger partial charge < -0.3 is 14.3 Å². The molecule has 0 radical (unpaired) electrons. The number of rotatable bonds is 9. The van der Waals surface area contributed by atoms with Crippen molar-refractivity contribution in [2.24, 2.45) is 0 Å². The number of halogens is 1. The Morgan fingerprint density at radius 2 is 1.66 bits per heavy atom. The number of furan rings is 1. The molecule has 2 heterocycles. The molecular formula is C31H25FN2O6S. The normalized spacial score (nSPS) is 13.3. The monoisotopic (exact) mass is 572 g/mol. The summed E-state index contributed by atoms with van der Waals surface area (Å²) in [6.45, 7) is 0.0987. The van der Waals surface area contributed by atoms with Crippen LogP contribution < -0.4 is 9.04 Å². The summed E-state index contributed by atoms with van der Waals surface area (Å²) in [5.41, 5.74) is 2.79. The van der Waals surface area contributed by atoms with Crippen molar-refractivity contribution in [1.82, 2.24) is 4.98 Å². The van der Waals surface area contributed by atoms with Crippen molar-refractivity contribution < 1.29 is 31.9 Å². The second-order valence-corrected chi connectivity index (χ2v) is 11.9. The first kappa shape index (κ1) is 26.5. The maximum absolute atomic E-state index is 13.2. The first-order valence-electron chi connectivity index (χ1n) is 12.9. The molecule has 0 unspecified atom stereocenters. The minimum absolute atomic E-state index is 0.000641. The van der Waals surface area contributed by atoms with E-state index in [9.17, 15) is 22.7 Å². The average Bonchev–Trinajstić information content (AvgIpc) is 3.72. The summed E-state index contributed by atoms with van der Waals surface area (Å²) >= 11 is 0. The van der Waals surface area contributed by atoms with Gasteiger partial charge in [0.25, 0.3) is 0 Å². The molecule has 1 N–H and O–H groups in total. The number of carboxylic acid groups (broad SMARTS) is 1. The zero-order valence-electron chi connectivity index (χ0n) is 22.0. The van der Waals surface area contributed by atoms with Gasteiger partial charge in [0.15, 0.2) is 0 Å². The predicted octanol–water partition coefficient (Wildman–Crippen LogP) is 6.97. The number of anilines is 1. The standard InChI is InChI=1S/C31H25FN2O6S/c1-41(37,38)34(18-19-12-14-33-15-13-19)27-17-28-26(16-25(27)20-2-3-20)29(31(35)36)30(40-28)21-4-8-23(9-5-21)39-24-10-6-22(32)7-11-24/h4-17,20H,2-3,18H2,1H3,(H,35,36). The van der Waals surface area contributed by atoms with Crippen LogP contribution in [0.25, 0.3) is 22.3 Å². The number of nitrogens with zero attached hydrogens (tertiary/aromatic N) is 2. The second-order valence-electron chi connectivity index (χ2n) is 10.00. The van der Waals surface area contributed by atoms with Crippen LogP contribution in [0, 0.1) is 5.82 Å². The SMILES string of the molecule is CS(=O)(=O)N(Cc1ccncc1)c1cc2oc(-c3ccc(Oc4ccc(F)cc4)cc3)c(C(=O)O)c2cc1C1CC1. The number of benzene rings is 3. The molecule has 1 aliphatic rings. The maximum Gasteiger partial charge on any atom is 0.340 e. The summed E-state index contributed by atoms with van der Waals surface area (Å²) in [5, 5.41) is 10.6. The van der Waals surface area contributed by atoms with Crippen LogP contribution in [0.15, 0.2) is 89.6 Å². The number of fused-ring (bicyclic) bond motifs is 1. The van der Waals surface area contributed by atoms with E-state index < -0.39 is 16.0 Å². The summed E-state index contributed by atoms with van der Waals surface area (Å²) in [5.74, 6) is -0.317. The van der Waals surface area contributed by atoms with E-state index in [2.05, 4.69) is 4.98 Å². The molecular weight excluding hydrogens is 547 g/mol. The molecule has 2 aromatic heterocycles. The van der Waals surface area contributed by atoms with Crippen molar-refractivity contribution >= 4 is 32.6 Å². The van der Waals surface area contributed by atoms with E-state index in [1.165, 1.54) is 28.6 Å². The van der Waals surface area contributed by atoms with Crippen LogP contribution in [0.2, 0.25) is 0 Å². The lowest BCUT2D eigenvalue weighted by atomic mass is 10.0. The molecule has 41 heavy (non-hydrogen) atoms. The number of carbonyl (C=O) groups is 1. The smallest absolute Gasteiger partial charge is 0.340 e. The lowest BCUT2D eigenvalue weighted by Crippen LogP contribution is -2.30. The number of pyridine rings is 1. The summed E-state index contributed by atoms with van der Waals surface area (Å²) in [6.07, 6.45) is 6.13. The lowest BCUT2D eigenvalue weighted by Gasteiger charge is -2.25. The largest absolute Gasteiger partial charge is 0.478 e. The van der Waals surface area contributed by atoms with Gasteiger partial charge in [-0.25, -0.2) is 17.6 Å². The fraction of sp³-hybridized carbons (Fsp3) is 0.161. The lowest BCUT2D eigenvalue weighted by molar-refractivity contribution is 0.0699. The first-order chi connectivity index (χ1) is 19.7. The molecule has 8 nitrogen and oxygen atoms in total. The zero-order valence-corrected chi connectivity index (χ0v) is 22.8. The van der Waals surface area contributed by atoms with Gasteiger partial charge in [-0.05, 0) is 96.6 Å². The Morgan fingerprint density at radius 3 is 2.24 bits per heavy atom. The Bertz CT molecular complexity index is 1850. The third-order valence-electron chi connectivity index (χ3n) is 6.98. The van der Waals surface area contributed by atoms with E-state index >= 15 is 0 Å². The molecule has 3 aromatic carbocycles. The fourth-order valence-corrected chi connectivity index (χ4v) is 5.75. The molecule has 208 valence electrons. The summed E-state index contributed by atoms with van der Waals surface area (Å²) in [6, 6.07) is 19.2. The molecule has 0 saturated heterocycles. The van der Waals surface area contributed by atoms with Crippen molar-refractivity contribution in [3.05, 3.63) is 108 Å². The van der Waals surface area contributed by atoms with Gasteiger partial charge in [0.05, 0.1) is 18.5 Å². The third kappa shape index (κ3) is 5.51. The Labute approximate surface area is 235 Å². The van der Waals surface area contributed by atoms with Crippen molar-refractivity contribution in [3.8, 4) is 22.8 Å². The second kappa shape index (κ2) is 10.4. The van der Waals surface area contributed by atoms with E-state index in [0.717, 1.165) is 30.2 Å². The molecule has 5 aromatic rings. The molecule has 0 aliphatic heterocycles. The number of carboxylic acids is 1. The molecule has 1 aliphatic carbocycles. The van der Waals surface area contributed by atoms with Gasteiger partial charge in [0.2, 0.25) is 10.0 Å². The number of hydrogen-bond donors (Lipinski definition) is 1. The van der Waals surface area contributed by atoms with Crippen molar-refractivity contribution in [1.29, 1.82) is 0 Å². The van der Waals surface area contributed by atoms with Crippen molar-refractivity contribution in [2.45, 2.75) is 25.3 Å². The van der Waals surface area contributed by atoms with Crippen molar-refractivity contribution in [3.63, 3.8) is 0 Å². The first-order valence-corrected chi connectivity index (χ1v) is 14.8. The van der Waals surface area contributed by atoms with Gasteiger partial charge in [0.1, 0.15) is 34.2 Å². The Kier molecular flexibility index (Phi) is 6.70. The van der Waals surface area contributed by atoms with E-state index in [1.807, 2.05) is 0 Å². The van der Waals surface area contributed by atoms with Gasteiger partial charge in [-0.1, -0.05) is 0 Å². The number of ether oxygens (including phenoxy) is 1. The number of aromatic carboxylic acids is 1. The van der Waals surface area contributed by atoms with E-state index in [1.54, 1.807) is 60.9 Å². The molecule has 0 amide bonds. The van der Waals surface area contributed by atoms with Gasteiger partial charge >= 0.3 is 5.97 Å². The van der Waals surface area contributed by atoms with Gasteiger partial charge in [-0.15, -0.1) is 0 Å². The molecule has 0 spiro atoms. The summed E-state index contributed by atoms with van der Waals surface area (Å²) < 4.78 is 52.4. The van der Waals surface area contributed by atoms with Crippen LogP contribution >= 0.6 is 0 Å². The summed E-state index contributed by atoms with van der Waals surface area (Å²) in [7, 11) is -3.70. The molecule has 10 heteroatoms. The Hall–Kier alpha value is -4.70. The highest BCUT2D eigenvalue weighted by molar-refractivity contribution is 7.92. The predicted molar refractivity (Wildman–Crippen MR) is 152 cm³/mol. The number of sulfonamides is 1. The number of aromatic nitrogens is 1. The highest BCUT2D eigenvalue weighted by Crippen LogP contribution is 2.48. The van der Waals surface area contributed by atoms with E-state index in [4.69, 9.17) is 9.15 Å². The quantitative estimate of drug-likeness (QED) is 0.203. The molecule has 1 saturated carbocycles. The van der Waals surface area contributed by atoms with Crippen molar-refractivity contribution in [2.75, 3.05) is 10.6 Å². The van der Waals surface area contributed by atoms with Gasteiger partial charge in [0, 0.05) is 29.4 Å².